The van der Waals surface area contributed by atoms with Crippen LogP contribution in [0, 0.1) is 11.3 Å². The van der Waals surface area contributed by atoms with Crippen molar-refractivity contribution in [2.24, 2.45) is 0 Å². The van der Waals surface area contributed by atoms with Crippen molar-refractivity contribution in [3.63, 3.8) is 0 Å². The van der Waals surface area contributed by atoms with E-state index in [1.165, 1.54) is 6.33 Å². The first kappa shape index (κ1) is 18.1. The second-order valence-electron chi connectivity index (χ2n) is 6.27. The van der Waals surface area contributed by atoms with Gasteiger partial charge in [-0.3, -0.25) is 4.79 Å². The lowest BCUT2D eigenvalue weighted by Crippen LogP contribution is -2.15. The molecule has 6 heteroatoms. The van der Waals surface area contributed by atoms with Gasteiger partial charge in [-0.15, -0.1) is 0 Å². The fraction of sp³-hybridized carbons (Fsp3) is 0.143. The Labute approximate surface area is 157 Å². The van der Waals surface area contributed by atoms with Crippen LogP contribution in [0.4, 0.5) is 17.2 Å². The first-order valence-electron chi connectivity index (χ1n) is 8.57. The Morgan fingerprint density at radius 1 is 1.04 bits per heavy atom. The molecule has 1 heterocycles. The fourth-order valence-electron chi connectivity index (χ4n) is 2.68. The summed E-state index contributed by atoms with van der Waals surface area (Å²) in [5, 5.41) is 15.1. The van der Waals surface area contributed by atoms with Crippen LogP contribution in [0.1, 0.15) is 41.4 Å². The zero-order chi connectivity index (χ0) is 19.2. The van der Waals surface area contributed by atoms with Crippen molar-refractivity contribution < 1.29 is 4.79 Å². The molecule has 0 aliphatic rings. The van der Waals surface area contributed by atoms with E-state index in [1.54, 1.807) is 30.3 Å². The third-order valence-electron chi connectivity index (χ3n) is 4.04. The average Bonchev–Trinajstić information content (AvgIpc) is 2.69. The molecule has 0 unspecified atom stereocenters. The van der Waals surface area contributed by atoms with E-state index in [-0.39, 0.29) is 5.69 Å². The molecule has 1 aromatic heterocycles. The number of carbonyl (C=O) groups excluding carboxylic acids is 1. The zero-order valence-corrected chi connectivity index (χ0v) is 15.1. The van der Waals surface area contributed by atoms with Crippen LogP contribution in [0.25, 0.3) is 0 Å². The van der Waals surface area contributed by atoms with Gasteiger partial charge in [0, 0.05) is 11.8 Å². The molecule has 0 saturated heterocycles. The molecule has 3 rings (SSSR count). The van der Waals surface area contributed by atoms with E-state index < -0.39 is 5.91 Å². The van der Waals surface area contributed by atoms with Crippen molar-refractivity contribution in [2.75, 3.05) is 10.6 Å². The quantitative estimate of drug-likeness (QED) is 0.703. The minimum Gasteiger partial charge on any atom is -0.340 e. The van der Waals surface area contributed by atoms with E-state index in [0.717, 1.165) is 11.3 Å². The van der Waals surface area contributed by atoms with Crippen LogP contribution in [0.2, 0.25) is 0 Å². The Kier molecular flexibility index (Phi) is 5.43. The number of hydrogen-bond donors (Lipinski definition) is 2. The molecule has 3 aromatic rings. The number of carbonyl (C=O) groups is 1. The van der Waals surface area contributed by atoms with Crippen LogP contribution in [-0.2, 0) is 0 Å². The molecule has 2 N–H and O–H groups in total. The standard InChI is InChI=1S/C21H19N5O/c1-14(2)16-8-4-6-10-18(16)25-20-11-19(23-13-24-20)21(27)26-17-9-5-3-7-15(17)12-22/h3-11,13-14H,1-2H3,(H,26,27)(H,23,24,25). The van der Waals surface area contributed by atoms with Crippen LogP contribution >= 0.6 is 0 Å². The van der Waals surface area contributed by atoms with Crippen LogP contribution < -0.4 is 10.6 Å². The molecule has 0 atom stereocenters. The highest BCUT2D eigenvalue weighted by Crippen LogP contribution is 2.26. The summed E-state index contributed by atoms with van der Waals surface area (Å²) < 4.78 is 0. The van der Waals surface area contributed by atoms with Crippen LogP contribution in [0.15, 0.2) is 60.9 Å². The van der Waals surface area contributed by atoms with Gasteiger partial charge in [0.1, 0.15) is 23.9 Å². The molecule has 0 aliphatic carbocycles. The zero-order valence-electron chi connectivity index (χ0n) is 15.1. The second-order valence-corrected chi connectivity index (χ2v) is 6.27. The van der Waals surface area contributed by atoms with E-state index in [9.17, 15) is 4.79 Å². The molecule has 27 heavy (non-hydrogen) atoms. The van der Waals surface area contributed by atoms with Gasteiger partial charge in [0.2, 0.25) is 0 Å². The number of benzene rings is 2. The Balaban J connectivity index is 1.82. The predicted octanol–water partition coefficient (Wildman–Crippen LogP) is 4.47. The summed E-state index contributed by atoms with van der Waals surface area (Å²) >= 11 is 0. The van der Waals surface area contributed by atoms with Gasteiger partial charge in [0.05, 0.1) is 11.3 Å². The van der Waals surface area contributed by atoms with Crippen LogP contribution in [0.3, 0.4) is 0 Å². The molecule has 6 nitrogen and oxygen atoms in total. The number of amides is 1. The molecule has 0 radical (unpaired) electrons. The Hall–Kier alpha value is -3.72. The maximum atomic E-state index is 12.5. The summed E-state index contributed by atoms with van der Waals surface area (Å²) in [5.41, 5.74) is 3.15. The number of rotatable bonds is 5. The molecule has 0 spiro atoms. The fourth-order valence-corrected chi connectivity index (χ4v) is 2.68. The van der Waals surface area contributed by atoms with Crippen LogP contribution in [0.5, 0.6) is 0 Å². The van der Waals surface area contributed by atoms with Gasteiger partial charge >= 0.3 is 0 Å². The summed E-state index contributed by atoms with van der Waals surface area (Å²) in [6, 6.07) is 18.4. The van der Waals surface area contributed by atoms with Gasteiger partial charge in [-0.1, -0.05) is 44.2 Å². The summed E-state index contributed by atoms with van der Waals surface area (Å²) in [5.74, 6) is 0.470. The van der Waals surface area contributed by atoms with E-state index in [0.29, 0.717) is 23.0 Å². The lowest BCUT2D eigenvalue weighted by atomic mass is 10.0. The number of para-hydroxylation sites is 2. The van der Waals surface area contributed by atoms with Crippen LogP contribution in [-0.4, -0.2) is 15.9 Å². The minimum absolute atomic E-state index is 0.210. The SMILES string of the molecule is CC(C)c1ccccc1Nc1cc(C(=O)Nc2ccccc2C#N)ncn1. The normalized spacial score (nSPS) is 10.3. The van der Waals surface area contributed by atoms with Gasteiger partial charge in [0.15, 0.2) is 0 Å². The summed E-state index contributed by atoms with van der Waals surface area (Å²) in [6.07, 6.45) is 1.34. The lowest BCUT2D eigenvalue weighted by molar-refractivity contribution is 0.102. The van der Waals surface area contributed by atoms with Crippen molar-refractivity contribution >= 4 is 23.1 Å². The van der Waals surface area contributed by atoms with E-state index in [2.05, 4.69) is 46.6 Å². The molecule has 0 aliphatic heterocycles. The summed E-state index contributed by atoms with van der Waals surface area (Å²) in [6.45, 7) is 4.23. The van der Waals surface area contributed by atoms with Gasteiger partial charge in [-0.2, -0.15) is 5.26 Å². The Morgan fingerprint density at radius 2 is 1.74 bits per heavy atom. The first-order valence-corrected chi connectivity index (χ1v) is 8.57. The third-order valence-corrected chi connectivity index (χ3v) is 4.04. The van der Waals surface area contributed by atoms with E-state index >= 15 is 0 Å². The number of nitrogens with zero attached hydrogens (tertiary/aromatic N) is 3. The number of nitriles is 1. The van der Waals surface area contributed by atoms with Gasteiger partial charge in [0.25, 0.3) is 5.91 Å². The highest BCUT2D eigenvalue weighted by Gasteiger charge is 2.12. The highest BCUT2D eigenvalue weighted by atomic mass is 16.1. The molecular formula is C21H19N5O. The first-order chi connectivity index (χ1) is 13.1. The van der Waals surface area contributed by atoms with Crippen molar-refractivity contribution in [3.05, 3.63) is 77.7 Å². The van der Waals surface area contributed by atoms with Gasteiger partial charge in [-0.25, -0.2) is 9.97 Å². The maximum absolute atomic E-state index is 12.5. The van der Waals surface area contributed by atoms with Crippen molar-refractivity contribution in [1.82, 2.24) is 9.97 Å². The molecule has 2 aromatic carbocycles. The van der Waals surface area contributed by atoms with Crippen molar-refractivity contribution in [2.45, 2.75) is 19.8 Å². The molecular weight excluding hydrogens is 338 g/mol. The largest absolute Gasteiger partial charge is 0.340 e. The van der Waals surface area contributed by atoms with Crippen molar-refractivity contribution in [1.29, 1.82) is 5.26 Å². The van der Waals surface area contributed by atoms with Gasteiger partial charge < -0.3 is 10.6 Å². The molecule has 1 amide bonds. The van der Waals surface area contributed by atoms with Crippen molar-refractivity contribution in [3.8, 4) is 6.07 Å². The topological polar surface area (TPSA) is 90.7 Å². The number of aromatic nitrogens is 2. The molecule has 134 valence electrons. The number of anilines is 3. The molecule has 0 fully saturated rings. The molecule has 0 saturated carbocycles. The number of nitrogens with one attached hydrogen (secondary N) is 2. The smallest absolute Gasteiger partial charge is 0.274 e. The third kappa shape index (κ3) is 4.28. The number of hydrogen-bond acceptors (Lipinski definition) is 5. The molecule has 0 bridgehead atoms. The summed E-state index contributed by atoms with van der Waals surface area (Å²) in [7, 11) is 0. The van der Waals surface area contributed by atoms with E-state index in [1.807, 2.05) is 18.2 Å². The maximum Gasteiger partial charge on any atom is 0.274 e. The predicted molar refractivity (Wildman–Crippen MR) is 105 cm³/mol. The lowest BCUT2D eigenvalue weighted by Gasteiger charge is -2.14. The Morgan fingerprint density at radius 3 is 2.48 bits per heavy atom. The van der Waals surface area contributed by atoms with E-state index in [4.69, 9.17) is 5.26 Å². The Bertz CT molecular complexity index is 1010. The average molecular weight is 357 g/mol. The summed E-state index contributed by atoms with van der Waals surface area (Å²) in [4.78, 5) is 20.8. The minimum atomic E-state index is -0.403. The monoisotopic (exact) mass is 357 g/mol. The second kappa shape index (κ2) is 8.11. The highest BCUT2D eigenvalue weighted by molar-refractivity contribution is 6.03. The van der Waals surface area contributed by atoms with Gasteiger partial charge in [-0.05, 0) is 29.7 Å².